The summed E-state index contributed by atoms with van der Waals surface area (Å²) in [6.07, 6.45) is 1.61. The first-order valence-corrected chi connectivity index (χ1v) is 9.37. The Morgan fingerprint density at radius 3 is 2.63 bits per heavy atom. The standard InChI is InChI=1S/C18H22N6O2S/c1-10(2)24-14(6-7-21-24)22-15(25)11(3)27-17-13(9-20)18(4,5)12(8-19)16(26)23-17/h6-7,10-12H,1-5H3,(H,22,25)(H,23,26). The van der Waals surface area contributed by atoms with Gasteiger partial charge in [0, 0.05) is 17.5 Å². The number of carbonyl (C=O) groups is 2. The highest BCUT2D eigenvalue weighted by Gasteiger charge is 2.45. The van der Waals surface area contributed by atoms with E-state index in [0.29, 0.717) is 16.4 Å². The average Bonchev–Trinajstić information content (AvgIpc) is 3.02. The van der Waals surface area contributed by atoms with Gasteiger partial charge in [-0.05, 0) is 20.8 Å². The third-order valence-electron chi connectivity index (χ3n) is 4.41. The maximum Gasteiger partial charge on any atom is 0.243 e. The van der Waals surface area contributed by atoms with Gasteiger partial charge in [-0.3, -0.25) is 9.59 Å². The molecule has 142 valence electrons. The number of thioether (sulfide) groups is 1. The largest absolute Gasteiger partial charge is 0.319 e. The maximum absolute atomic E-state index is 12.6. The lowest BCUT2D eigenvalue weighted by Crippen LogP contribution is -2.45. The summed E-state index contributed by atoms with van der Waals surface area (Å²) in [6.45, 7) is 8.97. The van der Waals surface area contributed by atoms with Gasteiger partial charge in [0.15, 0.2) is 0 Å². The van der Waals surface area contributed by atoms with Crippen molar-refractivity contribution in [1.29, 1.82) is 10.5 Å². The summed E-state index contributed by atoms with van der Waals surface area (Å²) in [4.78, 5) is 24.8. The molecule has 2 amide bonds. The van der Waals surface area contributed by atoms with Crippen molar-refractivity contribution in [2.24, 2.45) is 11.3 Å². The van der Waals surface area contributed by atoms with Gasteiger partial charge in [-0.15, -0.1) is 0 Å². The molecule has 1 aliphatic rings. The second-order valence-electron chi connectivity index (χ2n) is 7.09. The van der Waals surface area contributed by atoms with Crippen LogP contribution in [0.3, 0.4) is 0 Å². The molecule has 2 heterocycles. The number of carbonyl (C=O) groups excluding carboxylic acids is 2. The van der Waals surface area contributed by atoms with Crippen LogP contribution in [0.25, 0.3) is 0 Å². The molecule has 0 radical (unpaired) electrons. The molecule has 0 aliphatic carbocycles. The molecule has 1 aliphatic heterocycles. The summed E-state index contributed by atoms with van der Waals surface area (Å²) >= 11 is 1.09. The minimum absolute atomic E-state index is 0.0903. The van der Waals surface area contributed by atoms with Crippen molar-refractivity contribution in [2.45, 2.75) is 45.9 Å². The fourth-order valence-electron chi connectivity index (χ4n) is 2.80. The monoisotopic (exact) mass is 386 g/mol. The minimum atomic E-state index is -0.957. The number of nitriles is 2. The Bertz CT molecular complexity index is 871. The molecular weight excluding hydrogens is 364 g/mol. The van der Waals surface area contributed by atoms with Crippen molar-refractivity contribution in [3.63, 3.8) is 0 Å². The van der Waals surface area contributed by atoms with E-state index in [1.54, 1.807) is 37.7 Å². The second-order valence-corrected chi connectivity index (χ2v) is 8.44. The topological polar surface area (TPSA) is 124 Å². The zero-order chi connectivity index (χ0) is 20.4. The lowest BCUT2D eigenvalue weighted by molar-refractivity contribution is -0.125. The molecule has 1 aromatic rings. The van der Waals surface area contributed by atoms with Gasteiger partial charge in [0.05, 0.1) is 34.2 Å². The highest BCUT2D eigenvalue weighted by molar-refractivity contribution is 8.04. The van der Waals surface area contributed by atoms with Crippen LogP contribution in [-0.4, -0.2) is 26.8 Å². The van der Waals surface area contributed by atoms with Gasteiger partial charge in [0.1, 0.15) is 11.7 Å². The van der Waals surface area contributed by atoms with Crippen molar-refractivity contribution < 1.29 is 9.59 Å². The summed E-state index contributed by atoms with van der Waals surface area (Å²) in [5.41, 5.74) is -0.633. The van der Waals surface area contributed by atoms with E-state index >= 15 is 0 Å². The highest BCUT2D eigenvalue weighted by atomic mass is 32.2. The van der Waals surface area contributed by atoms with Gasteiger partial charge in [-0.2, -0.15) is 15.6 Å². The number of nitrogens with zero attached hydrogens (tertiary/aromatic N) is 4. The predicted molar refractivity (Wildman–Crippen MR) is 102 cm³/mol. The van der Waals surface area contributed by atoms with Crippen LogP contribution in [-0.2, 0) is 9.59 Å². The van der Waals surface area contributed by atoms with Gasteiger partial charge in [-0.1, -0.05) is 25.6 Å². The number of hydrogen-bond acceptors (Lipinski definition) is 6. The number of anilines is 1. The molecule has 8 nitrogen and oxygen atoms in total. The van der Waals surface area contributed by atoms with Crippen LogP contribution in [0.15, 0.2) is 22.9 Å². The Kier molecular flexibility index (Phi) is 5.97. The van der Waals surface area contributed by atoms with Crippen molar-refractivity contribution in [3.05, 3.63) is 22.9 Å². The van der Waals surface area contributed by atoms with E-state index < -0.39 is 22.5 Å². The van der Waals surface area contributed by atoms with E-state index in [1.165, 1.54) is 0 Å². The fraction of sp³-hybridized carbons (Fsp3) is 0.500. The Labute approximate surface area is 162 Å². The summed E-state index contributed by atoms with van der Waals surface area (Å²) in [7, 11) is 0. The second kappa shape index (κ2) is 7.85. The molecule has 2 atom stereocenters. The normalized spacial score (nSPS) is 19.9. The van der Waals surface area contributed by atoms with E-state index in [9.17, 15) is 20.1 Å². The van der Waals surface area contributed by atoms with Crippen LogP contribution in [0, 0.1) is 34.0 Å². The quantitative estimate of drug-likeness (QED) is 0.801. The van der Waals surface area contributed by atoms with Crippen LogP contribution < -0.4 is 10.6 Å². The number of nitrogens with one attached hydrogen (secondary N) is 2. The van der Waals surface area contributed by atoms with Crippen LogP contribution >= 0.6 is 11.8 Å². The number of hydrogen-bond donors (Lipinski definition) is 2. The molecular formula is C18H22N6O2S. The van der Waals surface area contributed by atoms with E-state index in [0.717, 1.165) is 11.8 Å². The first-order chi connectivity index (χ1) is 12.6. The zero-order valence-electron chi connectivity index (χ0n) is 15.9. The van der Waals surface area contributed by atoms with E-state index in [4.69, 9.17) is 0 Å². The van der Waals surface area contributed by atoms with Crippen LogP contribution in [0.1, 0.15) is 40.7 Å². The lowest BCUT2D eigenvalue weighted by Gasteiger charge is -2.35. The first-order valence-electron chi connectivity index (χ1n) is 8.49. The van der Waals surface area contributed by atoms with Crippen molar-refractivity contribution in [1.82, 2.24) is 15.1 Å². The molecule has 0 aromatic carbocycles. The number of amides is 2. The Balaban J connectivity index is 2.22. The van der Waals surface area contributed by atoms with Gasteiger partial charge in [0.25, 0.3) is 0 Å². The van der Waals surface area contributed by atoms with Crippen LogP contribution in [0.5, 0.6) is 0 Å². The van der Waals surface area contributed by atoms with Gasteiger partial charge < -0.3 is 10.6 Å². The van der Waals surface area contributed by atoms with Gasteiger partial charge in [0.2, 0.25) is 11.8 Å². The molecule has 0 fully saturated rings. The number of allylic oxidation sites excluding steroid dienone is 1. The third kappa shape index (κ3) is 3.99. The summed E-state index contributed by atoms with van der Waals surface area (Å²) in [6, 6.07) is 5.84. The van der Waals surface area contributed by atoms with Gasteiger partial charge >= 0.3 is 0 Å². The molecule has 2 unspecified atom stereocenters. The van der Waals surface area contributed by atoms with E-state index in [-0.39, 0.29) is 11.9 Å². The Morgan fingerprint density at radius 1 is 1.41 bits per heavy atom. The van der Waals surface area contributed by atoms with E-state index in [2.05, 4.69) is 21.8 Å². The third-order valence-corrected chi connectivity index (χ3v) is 5.52. The highest BCUT2D eigenvalue weighted by Crippen LogP contribution is 2.42. The first kappa shape index (κ1) is 20.5. The smallest absolute Gasteiger partial charge is 0.243 e. The maximum atomic E-state index is 12.6. The van der Waals surface area contributed by atoms with Gasteiger partial charge in [-0.25, -0.2) is 4.68 Å². The molecule has 27 heavy (non-hydrogen) atoms. The summed E-state index contributed by atoms with van der Waals surface area (Å²) in [5, 5.41) is 28.2. The van der Waals surface area contributed by atoms with Crippen molar-refractivity contribution in [3.8, 4) is 12.1 Å². The van der Waals surface area contributed by atoms with Crippen molar-refractivity contribution in [2.75, 3.05) is 5.32 Å². The van der Waals surface area contributed by atoms with E-state index in [1.807, 2.05) is 19.9 Å². The molecule has 0 saturated heterocycles. The van der Waals surface area contributed by atoms with Crippen molar-refractivity contribution >= 4 is 29.4 Å². The Morgan fingerprint density at radius 2 is 2.07 bits per heavy atom. The summed E-state index contributed by atoms with van der Waals surface area (Å²) < 4.78 is 1.69. The molecule has 9 heteroatoms. The number of rotatable bonds is 5. The Hall–Kier alpha value is -2.78. The SMILES string of the molecule is CC(SC1=C(C#N)C(C)(C)C(C#N)C(=O)N1)C(=O)Nc1ccnn1C(C)C. The zero-order valence-corrected chi connectivity index (χ0v) is 16.7. The lowest BCUT2D eigenvalue weighted by atomic mass is 9.72. The summed E-state index contributed by atoms with van der Waals surface area (Å²) in [5.74, 6) is -1.12. The average molecular weight is 386 g/mol. The van der Waals surface area contributed by atoms with Crippen LogP contribution in [0.2, 0.25) is 0 Å². The molecule has 0 spiro atoms. The molecule has 2 N–H and O–H groups in total. The number of aromatic nitrogens is 2. The molecule has 0 saturated carbocycles. The molecule has 0 bridgehead atoms. The molecule has 1 aromatic heterocycles. The minimum Gasteiger partial charge on any atom is -0.319 e. The predicted octanol–water partition coefficient (Wildman–Crippen LogP) is 2.56. The molecule has 2 rings (SSSR count). The fourth-order valence-corrected chi connectivity index (χ4v) is 3.90. The van der Waals surface area contributed by atoms with Crippen LogP contribution in [0.4, 0.5) is 5.82 Å².